The van der Waals surface area contributed by atoms with E-state index < -0.39 is 33.3 Å². The van der Waals surface area contributed by atoms with Crippen LogP contribution in [0.4, 0.5) is 14.5 Å². The third-order valence-electron chi connectivity index (χ3n) is 2.79. The van der Waals surface area contributed by atoms with Crippen LogP contribution in [0, 0.1) is 17.6 Å². The second kappa shape index (κ2) is 4.64. The number of carbonyl (C=O) groups is 1. The smallest absolute Gasteiger partial charge is 0.228 e. The number of hydrogen-bond donors (Lipinski definition) is 1. The van der Waals surface area contributed by atoms with Crippen molar-refractivity contribution in [2.24, 2.45) is 5.92 Å². The fourth-order valence-corrected chi connectivity index (χ4v) is 3.57. The van der Waals surface area contributed by atoms with Crippen molar-refractivity contribution in [3.05, 3.63) is 29.8 Å². The van der Waals surface area contributed by atoms with Gasteiger partial charge < -0.3 is 5.32 Å². The Morgan fingerprint density at radius 1 is 1.33 bits per heavy atom. The minimum Gasteiger partial charge on any atom is -0.323 e. The maximum Gasteiger partial charge on any atom is 0.228 e. The monoisotopic (exact) mass is 275 g/mol. The van der Waals surface area contributed by atoms with Crippen LogP contribution in [-0.2, 0) is 14.6 Å². The summed E-state index contributed by atoms with van der Waals surface area (Å²) >= 11 is 0. The molecule has 1 aliphatic heterocycles. The van der Waals surface area contributed by atoms with E-state index in [1.54, 1.807) is 0 Å². The first-order valence-electron chi connectivity index (χ1n) is 5.34. The van der Waals surface area contributed by atoms with Crippen molar-refractivity contribution in [3.63, 3.8) is 0 Å². The summed E-state index contributed by atoms with van der Waals surface area (Å²) in [6.07, 6.45) is 0.233. The van der Waals surface area contributed by atoms with Crippen LogP contribution >= 0.6 is 0 Å². The fraction of sp³-hybridized carbons (Fsp3) is 0.364. The molecule has 0 aliphatic carbocycles. The molecule has 1 atom stereocenters. The molecule has 1 saturated heterocycles. The number of halogens is 2. The van der Waals surface area contributed by atoms with E-state index in [0.29, 0.717) is 6.07 Å². The van der Waals surface area contributed by atoms with Crippen molar-refractivity contribution in [1.29, 1.82) is 0 Å². The number of benzene rings is 1. The van der Waals surface area contributed by atoms with Gasteiger partial charge in [0, 0.05) is 6.07 Å². The maximum atomic E-state index is 13.3. The quantitative estimate of drug-likeness (QED) is 0.886. The number of rotatable bonds is 2. The van der Waals surface area contributed by atoms with Crippen LogP contribution in [0.3, 0.4) is 0 Å². The van der Waals surface area contributed by atoms with Gasteiger partial charge in [-0.2, -0.15) is 0 Å². The molecule has 1 aliphatic rings. The number of nitrogens with one attached hydrogen (secondary N) is 1. The molecule has 2 rings (SSSR count). The van der Waals surface area contributed by atoms with Gasteiger partial charge in [-0.15, -0.1) is 0 Å². The molecule has 1 aromatic carbocycles. The summed E-state index contributed by atoms with van der Waals surface area (Å²) in [6.45, 7) is 0. The second-order valence-electron chi connectivity index (χ2n) is 4.21. The molecule has 18 heavy (non-hydrogen) atoms. The average molecular weight is 275 g/mol. The summed E-state index contributed by atoms with van der Waals surface area (Å²) in [7, 11) is -3.16. The number of hydrogen-bond acceptors (Lipinski definition) is 3. The van der Waals surface area contributed by atoms with Crippen LogP contribution in [-0.4, -0.2) is 25.8 Å². The molecule has 98 valence electrons. The van der Waals surface area contributed by atoms with Crippen LogP contribution in [0.2, 0.25) is 0 Å². The van der Waals surface area contributed by atoms with Crippen LogP contribution in [0.5, 0.6) is 0 Å². The Hall–Kier alpha value is -1.50. The largest absolute Gasteiger partial charge is 0.323 e. The summed E-state index contributed by atoms with van der Waals surface area (Å²) in [5.41, 5.74) is -0.148. The molecular weight excluding hydrogens is 264 g/mol. The van der Waals surface area contributed by atoms with Gasteiger partial charge >= 0.3 is 0 Å². The lowest BCUT2D eigenvalue weighted by atomic mass is 10.1. The minimum absolute atomic E-state index is 0.0308. The zero-order valence-electron chi connectivity index (χ0n) is 9.32. The van der Waals surface area contributed by atoms with Crippen molar-refractivity contribution in [2.45, 2.75) is 6.42 Å². The van der Waals surface area contributed by atoms with E-state index in [1.807, 2.05) is 0 Å². The van der Waals surface area contributed by atoms with Gasteiger partial charge in [-0.1, -0.05) is 0 Å². The highest BCUT2D eigenvalue weighted by molar-refractivity contribution is 7.91. The Labute approximate surface area is 103 Å². The standard InChI is InChI=1S/C11H11F2NO3S/c12-8-1-2-10(9(13)5-8)14-11(15)7-3-4-18(16,17)6-7/h1-2,5,7H,3-4,6H2,(H,14,15)/t7-/m1/s1. The Bertz CT molecular complexity index is 586. The van der Waals surface area contributed by atoms with E-state index in [2.05, 4.69) is 5.32 Å². The van der Waals surface area contributed by atoms with Gasteiger partial charge in [-0.05, 0) is 18.6 Å². The Balaban J connectivity index is 2.08. The summed E-state index contributed by atoms with van der Waals surface area (Å²) in [6, 6.07) is 2.77. The SMILES string of the molecule is O=C(Nc1ccc(F)cc1F)[C@@H]1CCS(=O)(=O)C1. The fourth-order valence-electron chi connectivity index (χ4n) is 1.83. The van der Waals surface area contributed by atoms with Crippen LogP contribution in [0.1, 0.15) is 6.42 Å². The van der Waals surface area contributed by atoms with Crippen molar-refractivity contribution < 1.29 is 22.0 Å². The molecule has 0 saturated carbocycles. The number of anilines is 1. The van der Waals surface area contributed by atoms with Gasteiger partial charge in [0.1, 0.15) is 11.6 Å². The van der Waals surface area contributed by atoms with Crippen LogP contribution in [0.25, 0.3) is 0 Å². The predicted molar refractivity (Wildman–Crippen MR) is 61.7 cm³/mol. The van der Waals surface area contributed by atoms with Crippen molar-refractivity contribution in [1.82, 2.24) is 0 Å². The van der Waals surface area contributed by atoms with E-state index in [1.165, 1.54) is 0 Å². The zero-order chi connectivity index (χ0) is 13.3. The van der Waals surface area contributed by atoms with Gasteiger partial charge in [0.15, 0.2) is 9.84 Å². The highest BCUT2D eigenvalue weighted by Crippen LogP contribution is 2.21. The van der Waals surface area contributed by atoms with E-state index in [-0.39, 0.29) is 23.6 Å². The van der Waals surface area contributed by atoms with Gasteiger partial charge in [0.05, 0.1) is 23.1 Å². The summed E-state index contributed by atoms with van der Waals surface area (Å²) in [5, 5.41) is 2.27. The number of carbonyl (C=O) groups excluding carboxylic acids is 1. The first kappa shape index (κ1) is 12.9. The summed E-state index contributed by atoms with van der Waals surface area (Å²) in [4.78, 5) is 11.7. The van der Waals surface area contributed by atoms with E-state index in [0.717, 1.165) is 12.1 Å². The molecule has 1 aromatic rings. The zero-order valence-corrected chi connectivity index (χ0v) is 10.1. The Morgan fingerprint density at radius 3 is 2.61 bits per heavy atom. The topological polar surface area (TPSA) is 63.2 Å². The van der Waals surface area contributed by atoms with Gasteiger partial charge in [0.25, 0.3) is 0 Å². The van der Waals surface area contributed by atoms with Crippen molar-refractivity contribution in [2.75, 3.05) is 16.8 Å². The number of amides is 1. The summed E-state index contributed by atoms with van der Waals surface area (Å²) in [5.74, 6) is -3.10. The molecular formula is C11H11F2NO3S. The average Bonchev–Trinajstić information content (AvgIpc) is 2.63. The highest BCUT2D eigenvalue weighted by Gasteiger charge is 2.33. The molecule has 0 aromatic heterocycles. The molecule has 1 amide bonds. The first-order chi connectivity index (χ1) is 8.37. The first-order valence-corrected chi connectivity index (χ1v) is 7.16. The molecule has 0 spiro atoms. The molecule has 1 heterocycles. The molecule has 0 radical (unpaired) electrons. The predicted octanol–water partition coefficient (Wildman–Crippen LogP) is 1.34. The lowest BCUT2D eigenvalue weighted by molar-refractivity contribution is -0.119. The molecule has 1 fully saturated rings. The van der Waals surface area contributed by atoms with E-state index in [4.69, 9.17) is 0 Å². The number of sulfone groups is 1. The lowest BCUT2D eigenvalue weighted by Crippen LogP contribution is -2.24. The Kier molecular flexibility index (Phi) is 3.34. The van der Waals surface area contributed by atoms with Gasteiger partial charge in [-0.3, -0.25) is 4.79 Å². The molecule has 4 nitrogen and oxygen atoms in total. The van der Waals surface area contributed by atoms with E-state index >= 15 is 0 Å². The third-order valence-corrected chi connectivity index (χ3v) is 4.56. The third kappa shape index (κ3) is 2.84. The van der Waals surface area contributed by atoms with Crippen LogP contribution in [0.15, 0.2) is 18.2 Å². The molecule has 0 bridgehead atoms. The highest BCUT2D eigenvalue weighted by atomic mass is 32.2. The second-order valence-corrected chi connectivity index (χ2v) is 6.44. The van der Waals surface area contributed by atoms with Crippen molar-refractivity contribution >= 4 is 21.4 Å². The summed E-state index contributed by atoms with van der Waals surface area (Å²) < 4.78 is 48.3. The maximum absolute atomic E-state index is 13.3. The molecule has 0 unspecified atom stereocenters. The van der Waals surface area contributed by atoms with E-state index in [9.17, 15) is 22.0 Å². The minimum atomic E-state index is -3.16. The normalized spacial score (nSPS) is 21.8. The Morgan fingerprint density at radius 2 is 2.06 bits per heavy atom. The lowest BCUT2D eigenvalue weighted by Gasteiger charge is -2.10. The van der Waals surface area contributed by atoms with Gasteiger partial charge in [-0.25, -0.2) is 17.2 Å². The van der Waals surface area contributed by atoms with Crippen LogP contribution < -0.4 is 5.32 Å². The molecule has 7 heteroatoms. The molecule has 1 N–H and O–H groups in total. The van der Waals surface area contributed by atoms with Crippen molar-refractivity contribution in [3.8, 4) is 0 Å². The van der Waals surface area contributed by atoms with Gasteiger partial charge in [0.2, 0.25) is 5.91 Å².